The Morgan fingerprint density at radius 2 is 2.05 bits per heavy atom. The molecular weight excluding hydrogens is 286 g/mol. The van der Waals surface area contributed by atoms with E-state index in [2.05, 4.69) is 0 Å². The molecule has 1 amide bonds. The predicted molar refractivity (Wildman–Crippen MR) is 82.2 cm³/mol. The molecule has 1 aromatic rings. The van der Waals surface area contributed by atoms with Crippen molar-refractivity contribution < 1.29 is 14.3 Å². The number of hydrogen-bond donors (Lipinski definition) is 0. The van der Waals surface area contributed by atoms with Crippen LogP contribution in [-0.4, -0.2) is 48.1 Å². The highest BCUT2D eigenvalue weighted by atomic mass is 32.2. The smallest absolute Gasteiger partial charge is 0.232 e. The fraction of sp³-hybridized carbons (Fsp3) is 0.562. The van der Waals surface area contributed by atoms with Crippen LogP contribution in [0.25, 0.3) is 0 Å². The summed E-state index contributed by atoms with van der Waals surface area (Å²) in [7, 11) is 0. The Balaban J connectivity index is 1.47. The van der Waals surface area contributed by atoms with Gasteiger partial charge in [-0.1, -0.05) is 18.2 Å². The fourth-order valence-corrected chi connectivity index (χ4v) is 3.64. The summed E-state index contributed by atoms with van der Waals surface area (Å²) >= 11 is 1.59. The summed E-state index contributed by atoms with van der Waals surface area (Å²) < 4.78 is 11.7. The topological polar surface area (TPSA) is 38.8 Å². The van der Waals surface area contributed by atoms with Crippen molar-refractivity contribution >= 4 is 17.7 Å². The minimum absolute atomic E-state index is 0.167. The average molecular weight is 307 g/mol. The largest absolute Gasteiger partial charge is 0.347 e. The lowest BCUT2D eigenvalue weighted by atomic mass is 10.0. The molecule has 3 rings (SSSR count). The molecule has 5 heteroatoms. The van der Waals surface area contributed by atoms with Gasteiger partial charge in [0.1, 0.15) is 0 Å². The molecule has 2 aliphatic rings. The second kappa shape index (κ2) is 6.38. The van der Waals surface area contributed by atoms with Crippen molar-refractivity contribution in [1.82, 2.24) is 4.90 Å². The minimum atomic E-state index is -0.428. The van der Waals surface area contributed by atoms with E-state index in [1.165, 1.54) is 0 Å². The first-order valence-electron chi connectivity index (χ1n) is 7.44. The normalized spacial score (nSPS) is 24.4. The van der Waals surface area contributed by atoms with Crippen LogP contribution in [0.1, 0.15) is 19.8 Å². The molecule has 2 aliphatic heterocycles. The van der Waals surface area contributed by atoms with Crippen LogP contribution in [-0.2, 0) is 14.3 Å². The molecule has 1 unspecified atom stereocenters. The van der Waals surface area contributed by atoms with Gasteiger partial charge in [0.15, 0.2) is 5.79 Å². The van der Waals surface area contributed by atoms with E-state index in [1.807, 2.05) is 42.2 Å². The molecule has 2 fully saturated rings. The van der Waals surface area contributed by atoms with Crippen LogP contribution in [0.4, 0.5) is 0 Å². The van der Waals surface area contributed by atoms with E-state index in [-0.39, 0.29) is 12.0 Å². The molecule has 0 saturated carbocycles. The molecular formula is C16H21NO3S. The second-order valence-corrected chi connectivity index (χ2v) is 6.68. The Hall–Kier alpha value is -1.04. The number of carbonyl (C=O) groups is 1. The summed E-state index contributed by atoms with van der Waals surface area (Å²) in [6.45, 7) is 4.14. The Labute approximate surface area is 129 Å². The molecule has 0 aromatic heterocycles. The van der Waals surface area contributed by atoms with Crippen molar-refractivity contribution in [2.75, 3.05) is 25.4 Å². The van der Waals surface area contributed by atoms with Gasteiger partial charge in [-0.2, -0.15) is 0 Å². The summed E-state index contributed by atoms with van der Waals surface area (Å²) in [6.07, 6.45) is 1.72. The molecule has 1 atom stereocenters. The monoisotopic (exact) mass is 307 g/mol. The second-order valence-electron chi connectivity index (χ2n) is 5.63. The first-order chi connectivity index (χ1) is 10.2. The zero-order valence-electron chi connectivity index (χ0n) is 12.3. The van der Waals surface area contributed by atoms with Gasteiger partial charge >= 0.3 is 0 Å². The molecule has 0 aliphatic carbocycles. The van der Waals surface area contributed by atoms with Crippen LogP contribution >= 0.6 is 11.8 Å². The number of thioether (sulfide) groups is 1. The van der Waals surface area contributed by atoms with E-state index >= 15 is 0 Å². The number of hydrogen-bond acceptors (Lipinski definition) is 4. The summed E-state index contributed by atoms with van der Waals surface area (Å²) in [5.74, 6) is 0.266. The van der Waals surface area contributed by atoms with Gasteiger partial charge < -0.3 is 14.4 Å². The van der Waals surface area contributed by atoms with Crippen LogP contribution in [0.3, 0.4) is 0 Å². The summed E-state index contributed by atoms with van der Waals surface area (Å²) in [5, 5.41) is 0. The highest BCUT2D eigenvalue weighted by molar-refractivity contribution is 8.00. The third-order valence-corrected chi connectivity index (χ3v) is 4.98. The predicted octanol–water partition coefficient (Wildman–Crippen LogP) is 2.53. The standard InChI is InChI=1S/C16H21NO3S/c1-13-11-19-16(20-13)7-9-17(10-8-16)15(18)12-21-14-5-3-2-4-6-14/h2-6,13H,7-12H2,1H3. The van der Waals surface area contributed by atoms with Crippen molar-refractivity contribution in [1.29, 1.82) is 0 Å². The molecule has 21 heavy (non-hydrogen) atoms. The van der Waals surface area contributed by atoms with E-state index < -0.39 is 5.79 Å². The van der Waals surface area contributed by atoms with Crippen molar-refractivity contribution in [3.05, 3.63) is 30.3 Å². The Bertz CT molecular complexity index is 486. The van der Waals surface area contributed by atoms with E-state index in [0.717, 1.165) is 30.8 Å². The number of rotatable bonds is 3. The van der Waals surface area contributed by atoms with E-state index in [4.69, 9.17) is 9.47 Å². The Morgan fingerprint density at radius 1 is 1.33 bits per heavy atom. The summed E-state index contributed by atoms with van der Waals surface area (Å²) in [5.41, 5.74) is 0. The maximum Gasteiger partial charge on any atom is 0.232 e. The van der Waals surface area contributed by atoms with Crippen LogP contribution in [0.5, 0.6) is 0 Å². The lowest BCUT2D eigenvalue weighted by molar-refractivity contribution is -0.194. The van der Waals surface area contributed by atoms with Gasteiger partial charge in [-0.3, -0.25) is 4.79 Å². The number of benzene rings is 1. The van der Waals surface area contributed by atoms with Crippen LogP contribution < -0.4 is 0 Å². The SMILES string of the molecule is CC1COC2(CCN(C(=O)CSc3ccccc3)CC2)O1. The van der Waals surface area contributed by atoms with Gasteiger partial charge in [-0.25, -0.2) is 0 Å². The van der Waals surface area contributed by atoms with Gasteiger partial charge in [0.2, 0.25) is 5.91 Å². The van der Waals surface area contributed by atoms with Crippen LogP contribution in [0.15, 0.2) is 35.2 Å². The van der Waals surface area contributed by atoms with Gasteiger partial charge in [-0.15, -0.1) is 11.8 Å². The molecule has 0 bridgehead atoms. The maximum absolute atomic E-state index is 12.3. The third kappa shape index (κ3) is 3.59. The number of piperidine rings is 1. The first kappa shape index (κ1) is 14.9. The van der Waals surface area contributed by atoms with E-state index in [1.54, 1.807) is 11.8 Å². The van der Waals surface area contributed by atoms with Gasteiger partial charge in [0.05, 0.1) is 18.5 Å². The summed E-state index contributed by atoms with van der Waals surface area (Å²) in [6, 6.07) is 10.0. The highest BCUT2D eigenvalue weighted by Gasteiger charge is 2.43. The van der Waals surface area contributed by atoms with Crippen molar-refractivity contribution in [2.45, 2.75) is 36.6 Å². The average Bonchev–Trinajstić information content (AvgIpc) is 2.87. The number of amides is 1. The quantitative estimate of drug-likeness (QED) is 0.805. The number of nitrogens with zero attached hydrogens (tertiary/aromatic N) is 1. The van der Waals surface area contributed by atoms with Crippen molar-refractivity contribution in [3.63, 3.8) is 0 Å². The zero-order valence-corrected chi connectivity index (χ0v) is 13.1. The van der Waals surface area contributed by atoms with Gasteiger partial charge in [0, 0.05) is 30.8 Å². The molecule has 2 heterocycles. The zero-order chi connectivity index (χ0) is 14.7. The van der Waals surface area contributed by atoms with Crippen molar-refractivity contribution in [3.8, 4) is 0 Å². The number of carbonyl (C=O) groups excluding carboxylic acids is 1. The fourth-order valence-electron chi connectivity index (χ4n) is 2.82. The Kier molecular flexibility index (Phi) is 4.52. The molecule has 0 radical (unpaired) electrons. The summed E-state index contributed by atoms with van der Waals surface area (Å²) in [4.78, 5) is 15.3. The molecule has 2 saturated heterocycles. The molecule has 4 nitrogen and oxygen atoms in total. The maximum atomic E-state index is 12.3. The Morgan fingerprint density at radius 3 is 2.67 bits per heavy atom. The van der Waals surface area contributed by atoms with Gasteiger partial charge in [-0.05, 0) is 19.1 Å². The number of ether oxygens (including phenoxy) is 2. The highest BCUT2D eigenvalue weighted by Crippen LogP contribution is 2.34. The van der Waals surface area contributed by atoms with Crippen molar-refractivity contribution in [2.24, 2.45) is 0 Å². The lowest BCUT2D eigenvalue weighted by Crippen LogP contribution is -2.48. The van der Waals surface area contributed by atoms with Crippen LogP contribution in [0, 0.1) is 0 Å². The minimum Gasteiger partial charge on any atom is -0.347 e. The molecule has 1 spiro atoms. The lowest BCUT2D eigenvalue weighted by Gasteiger charge is -2.37. The third-order valence-electron chi connectivity index (χ3n) is 3.98. The molecule has 114 valence electrons. The van der Waals surface area contributed by atoms with Gasteiger partial charge in [0.25, 0.3) is 0 Å². The molecule has 0 N–H and O–H groups in total. The first-order valence-corrected chi connectivity index (χ1v) is 8.43. The number of likely N-dealkylation sites (tertiary alicyclic amines) is 1. The van der Waals surface area contributed by atoms with E-state index in [0.29, 0.717) is 12.4 Å². The van der Waals surface area contributed by atoms with E-state index in [9.17, 15) is 4.79 Å². The van der Waals surface area contributed by atoms with Crippen LogP contribution in [0.2, 0.25) is 0 Å². The molecule has 1 aromatic carbocycles.